The number of anilines is 1. The van der Waals surface area contributed by atoms with Crippen LogP contribution in [-0.2, 0) is 6.54 Å². The Morgan fingerprint density at radius 2 is 1.96 bits per heavy atom. The number of rotatable bonds is 10. The summed E-state index contributed by atoms with van der Waals surface area (Å²) in [6.45, 7) is 7.03. The van der Waals surface area contributed by atoms with Crippen LogP contribution in [0.2, 0.25) is 0 Å². The van der Waals surface area contributed by atoms with E-state index in [2.05, 4.69) is 25.8 Å². The second-order valence-electron chi connectivity index (χ2n) is 5.59. The van der Waals surface area contributed by atoms with Crippen LogP contribution in [0.25, 0.3) is 0 Å². The van der Waals surface area contributed by atoms with E-state index in [9.17, 15) is 0 Å². The van der Waals surface area contributed by atoms with Gasteiger partial charge in [-0.1, -0.05) is 0 Å². The Morgan fingerprint density at radius 3 is 2.65 bits per heavy atom. The van der Waals surface area contributed by atoms with Crippen LogP contribution in [0.1, 0.15) is 26.7 Å². The van der Waals surface area contributed by atoms with Gasteiger partial charge < -0.3 is 24.7 Å². The fourth-order valence-corrected chi connectivity index (χ4v) is 2.40. The molecule has 8 nitrogen and oxygen atoms in total. The zero-order valence-electron chi connectivity index (χ0n) is 15.7. The molecule has 2 N–H and O–H groups in total. The molecule has 0 bridgehead atoms. The molecule has 1 aromatic carbocycles. The molecule has 8 heteroatoms. The van der Waals surface area contributed by atoms with Gasteiger partial charge in [-0.15, -0.1) is 10.2 Å². The van der Waals surface area contributed by atoms with E-state index in [0.29, 0.717) is 12.4 Å². The molecular formula is C18H28N6O2. The van der Waals surface area contributed by atoms with Crippen molar-refractivity contribution in [2.45, 2.75) is 33.2 Å². The lowest BCUT2D eigenvalue weighted by molar-refractivity contribution is 0.311. The van der Waals surface area contributed by atoms with Gasteiger partial charge in [0.1, 0.15) is 12.7 Å². The minimum absolute atomic E-state index is 0.600. The predicted octanol–water partition coefficient (Wildman–Crippen LogP) is 2.54. The maximum atomic E-state index is 5.55. The summed E-state index contributed by atoms with van der Waals surface area (Å²) < 4.78 is 12.9. The fraction of sp³-hybridized carbons (Fsp3) is 0.500. The Bertz CT molecular complexity index is 672. The lowest BCUT2D eigenvalue weighted by atomic mass is 10.2. The predicted molar refractivity (Wildman–Crippen MR) is 103 cm³/mol. The van der Waals surface area contributed by atoms with Gasteiger partial charge >= 0.3 is 0 Å². The standard InChI is InChI=1S/C18H28N6O2/c1-4-19-18(20-10-6-7-11-24-13-21-22-14-24)23-15-8-9-16(26-5-2)17(12-15)25-3/h8-9,12-14H,4-7,10-11H2,1-3H3,(H2,19,20,23). The maximum Gasteiger partial charge on any atom is 0.195 e. The van der Waals surface area contributed by atoms with Gasteiger partial charge in [-0.05, 0) is 38.8 Å². The van der Waals surface area contributed by atoms with Gasteiger partial charge in [-0.3, -0.25) is 4.99 Å². The van der Waals surface area contributed by atoms with Crippen LogP contribution < -0.4 is 20.1 Å². The maximum absolute atomic E-state index is 5.55. The van der Waals surface area contributed by atoms with Gasteiger partial charge in [-0.2, -0.15) is 0 Å². The number of methoxy groups -OCH3 is 1. The zero-order chi connectivity index (χ0) is 18.6. The lowest BCUT2D eigenvalue weighted by Gasteiger charge is -2.14. The highest BCUT2D eigenvalue weighted by Crippen LogP contribution is 2.30. The first kappa shape index (κ1) is 19.6. The molecule has 26 heavy (non-hydrogen) atoms. The Labute approximate surface area is 154 Å². The van der Waals surface area contributed by atoms with Crippen LogP contribution in [0.15, 0.2) is 35.8 Å². The summed E-state index contributed by atoms with van der Waals surface area (Å²) in [5.74, 6) is 2.18. The van der Waals surface area contributed by atoms with E-state index in [-0.39, 0.29) is 0 Å². The average molecular weight is 360 g/mol. The Hall–Kier alpha value is -2.77. The molecule has 0 saturated heterocycles. The Balaban J connectivity index is 1.89. The van der Waals surface area contributed by atoms with Crippen LogP contribution in [0.3, 0.4) is 0 Å². The van der Waals surface area contributed by atoms with Gasteiger partial charge in [0.05, 0.1) is 13.7 Å². The minimum Gasteiger partial charge on any atom is -0.493 e. The molecule has 0 fully saturated rings. The molecule has 0 aliphatic carbocycles. The van der Waals surface area contributed by atoms with Gasteiger partial charge in [0.2, 0.25) is 0 Å². The van der Waals surface area contributed by atoms with Crippen molar-refractivity contribution in [3.8, 4) is 11.5 Å². The molecule has 2 rings (SSSR count). The molecule has 142 valence electrons. The molecule has 0 unspecified atom stereocenters. The fourth-order valence-electron chi connectivity index (χ4n) is 2.40. The summed E-state index contributed by atoms with van der Waals surface area (Å²) in [4.78, 5) is 4.62. The number of nitrogens with zero attached hydrogens (tertiary/aromatic N) is 4. The second-order valence-corrected chi connectivity index (χ2v) is 5.59. The van der Waals surface area contributed by atoms with Crippen LogP contribution >= 0.6 is 0 Å². The summed E-state index contributed by atoms with van der Waals surface area (Å²) in [5.41, 5.74) is 0.898. The molecule has 0 aliphatic heterocycles. The third kappa shape index (κ3) is 6.27. The van der Waals surface area contributed by atoms with Crippen molar-refractivity contribution in [3.05, 3.63) is 30.9 Å². The van der Waals surface area contributed by atoms with Crippen molar-refractivity contribution in [3.63, 3.8) is 0 Å². The molecule has 0 saturated carbocycles. The molecule has 0 spiro atoms. The lowest BCUT2D eigenvalue weighted by Crippen LogP contribution is -2.30. The zero-order valence-corrected chi connectivity index (χ0v) is 15.7. The molecule has 0 aliphatic rings. The normalized spacial score (nSPS) is 11.3. The third-order valence-electron chi connectivity index (χ3n) is 3.63. The number of benzene rings is 1. The number of unbranched alkanes of at least 4 members (excludes halogenated alkanes) is 1. The first-order chi connectivity index (χ1) is 12.8. The van der Waals surface area contributed by atoms with Crippen molar-refractivity contribution in [1.82, 2.24) is 20.1 Å². The highest BCUT2D eigenvalue weighted by molar-refractivity contribution is 5.93. The summed E-state index contributed by atoms with van der Waals surface area (Å²) in [5, 5.41) is 14.2. The second kappa shape index (κ2) is 11.0. The molecule has 1 heterocycles. The summed E-state index contributed by atoms with van der Waals surface area (Å²) >= 11 is 0. The van der Waals surface area contributed by atoms with Gasteiger partial charge in [0.25, 0.3) is 0 Å². The van der Waals surface area contributed by atoms with E-state index in [1.54, 1.807) is 19.8 Å². The van der Waals surface area contributed by atoms with Gasteiger partial charge in [0, 0.05) is 31.4 Å². The third-order valence-corrected chi connectivity index (χ3v) is 3.63. The first-order valence-corrected chi connectivity index (χ1v) is 8.95. The number of aliphatic imine (C=N–C) groups is 1. The van der Waals surface area contributed by atoms with Crippen molar-refractivity contribution in [1.29, 1.82) is 0 Å². The monoisotopic (exact) mass is 360 g/mol. The van der Waals surface area contributed by atoms with Crippen LogP contribution in [0.4, 0.5) is 5.69 Å². The number of nitrogens with one attached hydrogen (secondary N) is 2. The molecule has 1 aromatic heterocycles. The van der Waals surface area contributed by atoms with Gasteiger partial charge in [-0.25, -0.2) is 0 Å². The summed E-state index contributed by atoms with van der Waals surface area (Å²) in [6, 6.07) is 5.75. The van der Waals surface area contributed by atoms with Crippen molar-refractivity contribution >= 4 is 11.6 Å². The SMILES string of the molecule is CCNC(=NCCCCn1cnnc1)Nc1ccc(OCC)c(OC)c1. The van der Waals surface area contributed by atoms with E-state index < -0.39 is 0 Å². The number of guanidine groups is 1. The quantitative estimate of drug-likeness (QED) is 0.385. The molecule has 0 atom stereocenters. The number of aromatic nitrogens is 3. The van der Waals surface area contributed by atoms with Crippen LogP contribution in [-0.4, -0.2) is 47.5 Å². The highest BCUT2D eigenvalue weighted by atomic mass is 16.5. The summed E-state index contributed by atoms with van der Waals surface area (Å²) in [7, 11) is 1.64. The number of hydrogen-bond acceptors (Lipinski definition) is 5. The van der Waals surface area contributed by atoms with Crippen LogP contribution in [0.5, 0.6) is 11.5 Å². The average Bonchev–Trinajstić information content (AvgIpc) is 3.16. The topological polar surface area (TPSA) is 85.6 Å². The van der Waals surface area contributed by atoms with Crippen molar-refractivity contribution < 1.29 is 9.47 Å². The molecule has 2 aromatic rings. The smallest absolute Gasteiger partial charge is 0.195 e. The molecular weight excluding hydrogens is 332 g/mol. The molecule has 0 radical (unpaired) electrons. The Morgan fingerprint density at radius 1 is 1.15 bits per heavy atom. The number of aryl methyl sites for hydroxylation is 1. The van der Waals surface area contributed by atoms with E-state index in [1.165, 1.54) is 0 Å². The van der Waals surface area contributed by atoms with Gasteiger partial charge in [0.15, 0.2) is 17.5 Å². The van der Waals surface area contributed by atoms with E-state index in [4.69, 9.17) is 9.47 Å². The van der Waals surface area contributed by atoms with Crippen LogP contribution in [0, 0.1) is 0 Å². The molecule has 0 amide bonds. The summed E-state index contributed by atoms with van der Waals surface area (Å²) in [6.07, 6.45) is 5.47. The number of ether oxygens (including phenoxy) is 2. The van der Waals surface area contributed by atoms with E-state index in [0.717, 1.165) is 49.9 Å². The van der Waals surface area contributed by atoms with Crippen molar-refractivity contribution in [2.24, 2.45) is 4.99 Å². The number of hydrogen-bond donors (Lipinski definition) is 2. The van der Waals surface area contributed by atoms with E-state index >= 15 is 0 Å². The minimum atomic E-state index is 0.600. The van der Waals surface area contributed by atoms with E-state index in [1.807, 2.05) is 36.6 Å². The van der Waals surface area contributed by atoms with Crippen molar-refractivity contribution in [2.75, 3.05) is 32.1 Å². The largest absolute Gasteiger partial charge is 0.493 e. The highest BCUT2D eigenvalue weighted by Gasteiger charge is 2.06. The first-order valence-electron chi connectivity index (χ1n) is 8.95. The Kier molecular flexibility index (Phi) is 8.25.